The molecule has 180 valence electrons. The number of carbonyl (C=O) groups is 1. The first-order chi connectivity index (χ1) is 16.1. The van der Waals surface area contributed by atoms with Crippen LogP contribution >= 0.6 is 11.6 Å². The maximum absolute atomic E-state index is 13.3. The molecule has 1 aliphatic heterocycles. The van der Waals surface area contributed by atoms with Crippen molar-refractivity contribution in [1.29, 1.82) is 0 Å². The number of rotatable bonds is 5. The quantitative estimate of drug-likeness (QED) is 0.533. The molecule has 3 aromatic carbocycles. The molecule has 0 aromatic heterocycles. The first-order valence-corrected chi connectivity index (χ1v) is 12.3. The van der Waals surface area contributed by atoms with Crippen molar-refractivity contribution in [2.75, 3.05) is 42.3 Å². The fraction of sp³-hybridized carbons (Fsp3) is 0.261. The maximum atomic E-state index is 13.3. The number of ether oxygens (including phenoxy) is 1. The molecule has 0 atom stereocenters. The Bertz CT molecular complexity index is 1340. The minimum atomic E-state index is -4.63. The first-order valence-electron chi connectivity index (χ1n) is 10.3. The molecule has 6 nitrogen and oxygen atoms in total. The van der Waals surface area contributed by atoms with Gasteiger partial charge in [-0.25, -0.2) is 8.42 Å². The number of fused-ring (bicyclic) bond motifs is 1. The Morgan fingerprint density at radius 3 is 2.38 bits per heavy atom. The lowest BCUT2D eigenvalue weighted by Crippen LogP contribution is -2.37. The van der Waals surface area contributed by atoms with Gasteiger partial charge in [-0.1, -0.05) is 35.9 Å². The van der Waals surface area contributed by atoms with Crippen LogP contribution in [0.1, 0.15) is 5.56 Å². The largest absolute Gasteiger partial charge is 0.416 e. The van der Waals surface area contributed by atoms with Crippen LogP contribution in [0.4, 0.5) is 24.5 Å². The summed E-state index contributed by atoms with van der Waals surface area (Å²) in [6, 6.07) is 12.3. The second-order valence-electron chi connectivity index (χ2n) is 7.73. The highest BCUT2D eigenvalue weighted by Crippen LogP contribution is 2.36. The van der Waals surface area contributed by atoms with Crippen molar-refractivity contribution in [3.05, 3.63) is 65.2 Å². The summed E-state index contributed by atoms with van der Waals surface area (Å²) < 4.78 is 71.3. The Morgan fingerprint density at radius 2 is 1.71 bits per heavy atom. The number of carbonyl (C=O) groups excluding carboxylic acids is 1. The monoisotopic (exact) mass is 512 g/mol. The van der Waals surface area contributed by atoms with Crippen LogP contribution in [0.25, 0.3) is 10.8 Å². The smallest absolute Gasteiger partial charge is 0.378 e. The van der Waals surface area contributed by atoms with Gasteiger partial charge in [0.1, 0.15) is 5.75 Å². The highest BCUT2D eigenvalue weighted by Gasteiger charge is 2.32. The van der Waals surface area contributed by atoms with E-state index in [1.165, 1.54) is 18.2 Å². The van der Waals surface area contributed by atoms with E-state index in [2.05, 4.69) is 5.32 Å². The summed E-state index contributed by atoms with van der Waals surface area (Å²) in [5.41, 5.74) is -0.705. The van der Waals surface area contributed by atoms with Gasteiger partial charge < -0.3 is 15.0 Å². The topological polar surface area (TPSA) is 75.7 Å². The van der Waals surface area contributed by atoms with Crippen LogP contribution in [0.5, 0.6) is 0 Å². The van der Waals surface area contributed by atoms with Gasteiger partial charge in [-0.3, -0.25) is 4.79 Å². The van der Waals surface area contributed by atoms with E-state index in [1.807, 2.05) is 0 Å². The molecular formula is C23H20ClF3N2O4S. The van der Waals surface area contributed by atoms with Gasteiger partial charge in [0.2, 0.25) is 5.91 Å². The summed E-state index contributed by atoms with van der Waals surface area (Å²) in [6.45, 7) is 1.60. The van der Waals surface area contributed by atoms with Gasteiger partial charge in [-0.05, 0) is 30.3 Å². The average molecular weight is 513 g/mol. The predicted molar refractivity (Wildman–Crippen MR) is 124 cm³/mol. The van der Waals surface area contributed by atoms with Crippen LogP contribution in [0, 0.1) is 0 Å². The highest BCUT2D eigenvalue weighted by molar-refractivity contribution is 7.92. The normalized spacial score (nSPS) is 14.9. The SMILES string of the molecule is O=C(CS(=O)(=O)c1ccc(Cl)c2ccccc12)Nc1cc(C(F)(F)F)ccc1N1CCOCC1. The van der Waals surface area contributed by atoms with Gasteiger partial charge in [0.25, 0.3) is 0 Å². The van der Waals surface area contributed by atoms with Crippen LogP contribution in [0.3, 0.4) is 0 Å². The van der Waals surface area contributed by atoms with E-state index in [4.69, 9.17) is 16.3 Å². The second kappa shape index (κ2) is 9.44. The van der Waals surface area contributed by atoms with Gasteiger partial charge in [0, 0.05) is 28.9 Å². The maximum Gasteiger partial charge on any atom is 0.416 e. The van der Waals surface area contributed by atoms with E-state index in [-0.39, 0.29) is 10.6 Å². The van der Waals surface area contributed by atoms with E-state index in [1.54, 1.807) is 29.2 Å². The zero-order valence-corrected chi connectivity index (χ0v) is 19.3. The van der Waals surface area contributed by atoms with E-state index in [0.717, 1.165) is 12.1 Å². The van der Waals surface area contributed by atoms with Gasteiger partial charge >= 0.3 is 6.18 Å². The molecule has 34 heavy (non-hydrogen) atoms. The van der Waals surface area contributed by atoms with Crippen molar-refractivity contribution in [2.24, 2.45) is 0 Å². The zero-order chi connectivity index (χ0) is 24.5. The Morgan fingerprint density at radius 1 is 1.03 bits per heavy atom. The number of hydrogen-bond acceptors (Lipinski definition) is 5. The van der Waals surface area contributed by atoms with Crippen molar-refractivity contribution in [3.63, 3.8) is 0 Å². The molecule has 1 aliphatic rings. The minimum Gasteiger partial charge on any atom is -0.378 e. The van der Waals surface area contributed by atoms with Crippen LogP contribution in [-0.2, 0) is 25.5 Å². The second-order valence-corrected chi connectivity index (χ2v) is 10.1. The van der Waals surface area contributed by atoms with Crippen LogP contribution in [0.15, 0.2) is 59.5 Å². The number of morpholine rings is 1. The number of nitrogens with zero attached hydrogens (tertiary/aromatic N) is 1. The van der Waals surface area contributed by atoms with Crippen LogP contribution < -0.4 is 10.2 Å². The molecule has 1 heterocycles. The number of hydrogen-bond donors (Lipinski definition) is 1. The van der Waals surface area contributed by atoms with Crippen molar-refractivity contribution in [2.45, 2.75) is 11.1 Å². The molecule has 0 bridgehead atoms. The Labute approximate surface area is 199 Å². The lowest BCUT2D eigenvalue weighted by atomic mass is 10.1. The summed E-state index contributed by atoms with van der Waals surface area (Å²) >= 11 is 6.16. The van der Waals surface area contributed by atoms with Crippen molar-refractivity contribution >= 4 is 49.5 Å². The molecule has 3 aromatic rings. The number of nitrogens with one attached hydrogen (secondary N) is 1. The summed E-state index contributed by atoms with van der Waals surface area (Å²) in [5.74, 6) is -1.90. The Hall–Kier alpha value is -2.82. The summed E-state index contributed by atoms with van der Waals surface area (Å²) in [5, 5.41) is 3.61. The number of halogens is 4. The van der Waals surface area contributed by atoms with Crippen LogP contribution in [0.2, 0.25) is 5.02 Å². The van der Waals surface area contributed by atoms with E-state index < -0.39 is 33.2 Å². The van der Waals surface area contributed by atoms with Crippen molar-refractivity contribution < 1.29 is 31.1 Å². The average Bonchev–Trinajstić information content (AvgIpc) is 2.79. The molecule has 0 saturated carbocycles. The third-order valence-electron chi connectivity index (χ3n) is 5.44. The van der Waals surface area contributed by atoms with E-state index in [9.17, 15) is 26.4 Å². The summed E-state index contributed by atoms with van der Waals surface area (Å²) in [7, 11) is -4.13. The van der Waals surface area contributed by atoms with Crippen LogP contribution in [-0.4, -0.2) is 46.4 Å². The highest BCUT2D eigenvalue weighted by atomic mass is 35.5. The number of amides is 1. The molecule has 1 N–H and O–H groups in total. The summed E-state index contributed by atoms with van der Waals surface area (Å²) in [6.07, 6.45) is -4.63. The minimum absolute atomic E-state index is 0.0832. The first kappa shape index (κ1) is 24.3. The van der Waals surface area contributed by atoms with Gasteiger partial charge in [-0.15, -0.1) is 0 Å². The third-order valence-corrected chi connectivity index (χ3v) is 7.43. The molecule has 0 unspecified atom stereocenters. The Kier molecular flexibility index (Phi) is 6.75. The Balaban J connectivity index is 1.64. The molecule has 1 fully saturated rings. The van der Waals surface area contributed by atoms with Gasteiger partial charge in [0.15, 0.2) is 9.84 Å². The third kappa shape index (κ3) is 5.13. The predicted octanol–water partition coefficient (Wildman–Crippen LogP) is 4.76. The molecule has 1 amide bonds. The van der Waals surface area contributed by atoms with Gasteiger partial charge in [0.05, 0.1) is 35.0 Å². The molecular weight excluding hydrogens is 493 g/mol. The number of alkyl halides is 3. The molecule has 0 radical (unpaired) electrons. The fourth-order valence-electron chi connectivity index (χ4n) is 3.83. The lowest BCUT2D eigenvalue weighted by molar-refractivity contribution is -0.137. The molecule has 11 heteroatoms. The number of anilines is 2. The van der Waals surface area contributed by atoms with E-state index in [0.29, 0.717) is 47.8 Å². The van der Waals surface area contributed by atoms with E-state index >= 15 is 0 Å². The zero-order valence-electron chi connectivity index (χ0n) is 17.7. The number of benzene rings is 3. The number of sulfone groups is 1. The van der Waals surface area contributed by atoms with Crippen molar-refractivity contribution in [1.82, 2.24) is 0 Å². The summed E-state index contributed by atoms with van der Waals surface area (Å²) in [4.78, 5) is 14.5. The molecule has 0 spiro atoms. The lowest BCUT2D eigenvalue weighted by Gasteiger charge is -2.31. The molecule has 1 saturated heterocycles. The van der Waals surface area contributed by atoms with Crippen molar-refractivity contribution in [3.8, 4) is 0 Å². The molecule has 0 aliphatic carbocycles. The molecule has 4 rings (SSSR count). The fourth-order valence-corrected chi connectivity index (χ4v) is 5.42. The van der Waals surface area contributed by atoms with Gasteiger partial charge in [-0.2, -0.15) is 13.2 Å². The standard InChI is InChI=1S/C23H20ClF3N2O4S/c24-18-6-8-21(17-4-2-1-3-16(17)18)34(31,32)14-22(30)28-19-13-15(23(25,26)27)5-7-20(19)29-9-11-33-12-10-29/h1-8,13H,9-12,14H2,(H,28,30).